The topological polar surface area (TPSA) is 66.8 Å². The van der Waals surface area contributed by atoms with Crippen molar-refractivity contribution < 1.29 is 18.3 Å². The molecule has 1 heterocycles. The molecule has 1 aliphatic rings. The van der Waals surface area contributed by atoms with Crippen LogP contribution in [0.5, 0.6) is 0 Å². The fourth-order valence-corrected chi connectivity index (χ4v) is 5.42. The second-order valence-electron chi connectivity index (χ2n) is 5.55. The Balaban J connectivity index is 2.41. The highest BCUT2D eigenvalue weighted by Crippen LogP contribution is 2.31. The lowest BCUT2D eigenvalue weighted by atomic mass is 10.1. The first kappa shape index (κ1) is 17.4. The van der Waals surface area contributed by atoms with Gasteiger partial charge in [0.1, 0.15) is 0 Å². The molecule has 1 saturated heterocycles. The van der Waals surface area contributed by atoms with Crippen LogP contribution in [0.25, 0.3) is 0 Å². The number of rotatable bonds is 3. The number of aliphatic hydroxyl groups excluding tert-OH is 1. The quantitative estimate of drug-likeness (QED) is 0.780. The van der Waals surface area contributed by atoms with Gasteiger partial charge in [0.25, 0.3) is 0 Å². The first-order valence-corrected chi connectivity index (χ1v) is 9.42. The van der Waals surface area contributed by atoms with Gasteiger partial charge in [0.05, 0.1) is 23.2 Å². The Bertz CT molecular complexity index is 633. The first-order chi connectivity index (χ1) is 9.65. The third-order valence-electron chi connectivity index (χ3n) is 3.16. The van der Waals surface area contributed by atoms with Crippen LogP contribution in [0.1, 0.15) is 13.8 Å². The lowest BCUT2D eigenvalue weighted by Gasteiger charge is -2.41. The molecule has 0 amide bonds. The molecular weight excluding hydrogens is 426 g/mol. The number of hydrogen-bond acceptors (Lipinski definition) is 4. The summed E-state index contributed by atoms with van der Waals surface area (Å²) in [6.45, 7) is 3.79. The van der Waals surface area contributed by atoms with Crippen LogP contribution in [0.3, 0.4) is 0 Å². The van der Waals surface area contributed by atoms with E-state index in [9.17, 15) is 13.5 Å². The van der Waals surface area contributed by atoms with Crippen molar-refractivity contribution in [2.24, 2.45) is 0 Å². The third kappa shape index (κ3) is 3.86. The maximum atomic E-state index is 12.8. The summed E-state index contributed by atoms with van der Waals surface area (Å²) in [6.07, 6.45) is -0.519. The molecule has 0 radical (unpaired) electrons. The molecule has 1 aromatic rings. The predicted molar refractivity (Wildman–Crippen MR) is 86.6 cm³/mol. The Morgan fingerprint density at radius 1 is 1.43 bits per heavy atom. The van der Waals surface area contributed by atoms with Gasteiger partial charge in [-0.15, -0.1) is 0 Å². The van der Waals surface area contributed by atoms with E-state index in [1.165, 1.54) is 4.31 Å². The Hall–Kier alpha value is 0.01000. The van der Waals surface area contributed by atoms with E-state index in [0.717, 1.165) is 0 Å². The van der Waals surface area contributed by atoms with Crippen molar-refractivity contribution in [3.05, 3.63) is 27.1 Å². The molecule has 0 bridgehead atoms. The van der Waals surface area contributed by atoms with Gasteiger partial charge in [-0.05, 0) is 48.0 Å². The van der Waals surface area contributed by atoms with Crippen molar-refractivity contribution in [2.75, 3.05) is 19.7 Å². The minimum atomic E-state index is -3.66. The summed E-state index contributed by atoms with van der Waals surface area (Å²) in [7, 11) is -3.66. The number of halogens is 2. The van der Waals surface area contributed by atoms with Gasteiger partial charge in [0, 0.05) is 22.0 Å². The number of aliphatic hydroxyl groups is 1. The number of ether oxygens (including phenoxy) is 1. The SMILES string of the molecule is CC1(C)CN(S(=O)(=O)c2cc(Br)ccc2Br)CC(CO)O1. The maximum Gasteiger partial charge on any atom is 0.244 e. The zero-order chi connectivity index (χ0) is 15.8. The van der Waals surface area contributed by atoms with Crippen LogP contribution in [-0.4, -0.2) is 49.2 Å². The highest BCUT2D eigenvalue weighted by Gasteiger charge is 2.39. The van der Waals surface area contributed by atoms with Crippen LogP contribution in [0, 0.1) is 0 Å². The van der Waals surface area contributed by atoms with Gasteiger partial charge in [-0.3, -0.25) is 0 Å². The summed E-state index contributed by atoms with van der Waals surface area (Å²) < 4.78 is 33.9. The van der Waals surface area contributed by atoms with Crippen LogP contribution < -0.4 is 0 Å². The first-order valence-electron chi connectivity index (χ1n) is 6.39. The Morgan fingerprint density at radius 3 is 2.71 bits per heavy atom. The number of morpholine rings is 1. The van der Waals surface area contributed by atoms with Crippen molar-refractivity contribution >= 4 is 41.9 Å². The van der Waals surface area contributed by atoms with Gasteiger partial charge in [0.2, 0.25) is 10.0 Å². The van der Waals surface area contributed by atoms with E-state index >= 15 is 0 Å². The lowest BCUT2D eigenvalue weighted by Crippen LogP contribution is -2.55. The Labute approximate surface area is 141 Å². The number of nitrogens with zero attached hydrogens (tertiary/aromatic N) is 1. The van der Waals surface area contributed by atoms with E-state index in [2.05, 4.69) is 31.9 Å². The average molecular weight is 443 g/mol. The number of sulfonamides is 1. The molecule has 0 aliphatic carbocycles. The molecule has 0 aromatic heterocycles. The molecule has 5 nitrogen and oxygen atoms in total. The molecule has 1 aromatic carbocycles. The van der Waals surface area contributed by atoms with E-state index in [1.807, 2.05) is 13.8 Å². The van der Waals surface area contributed by atoms with E-state index in [1.54, 1.807) is 18.2 Å². The standard InChI is InChI=1S/C13H17Br2NO4S/c1-13(2)8-16(6-10(7-17)20-13)21(18,19)12-5-9(14)3-4-11(12)15/h3-5,10,17H,6-8H2,1-2H3. The highest BCUT2D eigenvalue weighted by molar-refractivity contribution is 9.11. The van der Waals surface area contributed by atoms with Crippen molar-refractivity contribution in [3.8, 4) is 0 Å². The smallest absolute Gasteiger partial charge is 0.244 e. The summed E-state index contributed by atoms with van der Waals surface area (Å²) in [4.78, 5) is 0.200. The molecule has 21 heavy (non-hydrogen) atoms. The van der Waals surface area contributed by atoms with Crippen molar-refractivity contribution in [2.45, 2.75) is 30.4 Å². The molecule has 1 atom stereocenters. The summed E-state index contributed by atoms with van der Waals surface area (Å²) in [5.74, 6) is 0. The van der Waals surface area contributed by atoms with Gasteiger partial charge < -0.3 is 9.84 Å². The zero-order valence-electron chi connectivity index (χ0n) is 11.7. The lowest BCUT2D eigenvalue weighted by molar-refractivity contribution is -0.131. The second kappa shape index (κ2) is 6.25. The molecule has 118 valence electrons. The van der Waals surface area contributed by atoms with Gasteiger partial charge >= 0.3 is 0 Å². The van der Waals surface area contributed by atoms with E-state index in [0.29, 0.717) is 8.95 Å². The largest absolute Gasteiger partial charge is 0.394 e. The third-order valence-corrected chi connectivity index (χ3v) is 6.46. The van der Waals surface area contributed by atoms with Crippen LogP contribution in [0.15, 0.2) is 32.0 Å². The van der Waals surface area contributed by atoms with Crippen LogP contribution in [0.2, 0.25) is 0 Å². The van der Waals surface area contributed by atoms with Gasteiger partial charge in [-0.25, -0.2) is 8.42 Å². The number of benzene rings is 1. The zero-order valence-corrected chi connectivity index (χ0v) is 15.7. The minimum absolute atomic E-state index is 0.140. The normalized spacial score (nSPS) is 23.2. The Morgan fingerprint density at radius 2 is 2.10 bits per heavy atom. The molecule has 0 spiro atoms. The summed E-state index contributed by atoms with van der Waals surface area (Å²) in [6, 6.07) is 5.02. The maximum absolute atomic E-state index is 12.8. The van der Waals surface area contributed by atoms with Crippen molar-refractivity contribution in [1.29, 1.82) is 0 Å². The van der Waals surface area contributed by atoms with Crippen molar-refractivity contribution in [3.63, 3.8) is 0 Å². The molecule has 1 fully saturated rings. The fourth-order valence-electron chi connectivity index (χ4n) is 2.33. The van der Waals surface area contributed by atoms with Gasteiger partial charge in [-0.2, -0.15) is 4.31 Å². The number of hydrogen-bond donors (Lipinski definition) is 1. The van der Waals surface area contributed by atoms with Crippen LogP contribution >= 0.6 is 31.9 Å². The highest BCUT2D eigenvalue weighted by atomic mass is 79.9. The molecule has 8 heteroatoms. The second-order valence-corrected chi connectivity index (χ2v) is 9.23. The molecule has 0 saturated carbocycles. The average Bonchev–Trinajstić information content (AvgIpc) is 2.39. The monoisotopic (exact) mass is 441 g/mol. The van der Waals surface area contributed by atoms with E-state index < -0.39 is 21.7 Å². The van der Waals surface area contributed by atoms with E-state index in [-0.39, 0.29) is 24.6 Å². The molecule has 1 N–H and O–H groups in total. The summed E-state index contributed by atoms with van der Waals surface area (Å²) >= 11 is 6.58. The van der Waals surface area contributed by atoms with Crippen molar-refractivity contribution in [1.82, 2.24) is 4.31 Å². The van der Waals surface area contributed by atoms with Gasteiger partial charge in [0.15, 0.2) is 0 Å². The summed E-state index contributed by atoms with van der Waals surface area (Å²) in [5, 5.41) is 9.31. The molecule has 1 aliphatic heterocycles. The van der Waals surface area contributed by atoms with E-state index in [4.69, 9.17) is 4.74 Å². The minimum Gasteiger partial charge on any atom is -0.394 e. The van der Waals surface area contributed by atoms with Crippen LogP contribution in [-0.2, 0) is 14.8 Å². The molecule has 1 unspecified atom stereocenters. The molecular formula is C13H17Br2NO4S. The summed E-state index contributed by atoms with van der Waals surface area (Å²) in [5.41, 5.74) is -0.642. The Kier molecular flexibility index (Phi) is 5.17. The molecule has 2 rings (SSSR count). The van der Waals surface area contributed by atoms with Crippen LogP contribution in [0.4, 0.5) is 0 Å². The fraction of sp³-hybridized carbons (Fsp3) is 0.538. The predicted octanol–water partition coefficient (Wildman–Crippen LogP) is 2.37. The van der Waals surface area contributed by atoms with Gasteiger partial charge in [-0.1, -0.05) is 15.9 Å².